The van der Waals surface area contributed by atoms with Gasteiger partial charge in [-0.15, -0.1) is 0 Å². The number of ether oxygens (including phenoxy) is 1. The summed E-state index contributed by atoms with van der Waals surface area (Å²) in [5.41, 5.74) is 0.615. The molecule has 0 spiro atoms. The van der Waals surface area contributed by atoms with Gasteiger partial charge in [-0.05, 0) is 24.3 Å². The Bertz CT molecular complexity index is 861. The molecule has 2 aromatic carbocycles. The molecular formula is C16H12F2N2O3. The highest BCUT2D eigenvalue weighted by molar-refractivity contribution is 5.92. The fourth-order valence-corrected chi connectivity index (χ4v) is 2.27. The molecule has 0 aliphatic heterocycles. The van der Waals surface area contributed by atoms with Crippen molar-refractivity contribution in [3.63, 3.8) is 0 Å². The normalized spacial score (nSPS) is 11.1. The van der Waals surface area contributed by atoms with Crippen LogP contribution in [-0.2, 0) is 11.3 Å². The van der Waals surface area contributed by atoms with Gasteiger partial charge in [0.15, 0.2) is 5.82 Å². The topological polar surface area (TPSA) is 64.3 Å². The van der Waals surface area contributed by atoms with Crippen LogP contribution in [0.2, 0.25) is 0 Å². The number of alkyl halides is 2. The van der Waals surface area contributed by atoms with Crippen molar-refractivity contribution in [1.29, 1.82) is 0 Å². The van der Waals surface area contributed by atoms with Crippen LogP contribution in [0, 0.1) is 0 Å². The fourth-order valence-electron chi connectivity index (χ4n) is 2.27. The summed E-state index contributed by atoms with van der Waals surface area (Å²) in [5.74, 6) is -1.11. The molecule has 3 rings (SSSR count). The molecule has 0 aliphatic rings. The number of benzene rings is 2. The first kappa shape index (κ1) is 15.0. The summed E-state index contributed by atoms with van der Waals surface area (Å²) in [6.45, 7) is -3.23. The monoisotopic (exact) mass is 318 g/mol. The van der Waals surface area contributed by atoms with Crippen molar-refractivity contribution in [3.8, 4) is 5.75 Å². The van der Waals surface area contributed by atoms with E-state index < -0.39 is 19.1 Å². The van der Waals surface area contributed by atoms with Gasteiger partial charge in [0.2, 0.25) is 0 Å². The second-order valence-corrected chi connectivity index (χ2v) is 4.76. The molecule has 0 radical (unpaired) electrons. The number of para-hydroxylation sites is 3. The van der Waals surface area contributed by atoms with Crippen LogP contribution in [0.5, 0.6) is 5.75 Å². The number of carbonyl (C=O) groups is 1. The number of nitrogens with zero attached hydrogens (tertiary/aromatic N) is 2. The van der Waals surface area contributed by atoms with E-state index in [9.17, 15) is 18.7 Å². The minimum atomic E-state index is -2.80. The summed E-state index contributed by atoms with van der Waals surface area (Å²) >= 11 is 0. The van der Waals surface area contributed by atoms with Gasteiger partial charge in [-0.25, -0.2) is 9.78 Å². The first-order valence-electron chi connectivity index (χ1n) is 6.77. The molecule has 0 amide bonds. The maximum absolute atomic E-state index is 13.2. The van der Waals surface area contributed by atoms with E-state index >= 15 is 0 Å². The number of halogens is 2. The van der Waals surface area contributed by atoms with Crippen LogP contribution < -0.4 is 0 Å². The number of phenolic OH excluding ortho intramolecular Hbond substituents is 1. The quantitative estimate of drug-likeness (QED) is 0.748. The summed E-state index contributed by atoms with van der Waals surface area (Å²) < 4.78 is 32.2. The number of fused-ring (bicyclic) bond motifs is 1. The van der Waals surface area contributed by atoms with Crippen molar-refractivity contribution in [2.45, 2.75) is 13.2 Å². The number of phenols is 1. The molecule has 118 valence electrons. The van der Waals surface area contributed by atoms with Crippen molar-refractivity contribution in [3.05, 3.63) is 59.9 Å². The molecule has 0 unspecified atom stereocenters. The zero-order valence-corrected chi connectivity index (χ0v) is 11.8. The first-order chi connectivity index (χ1) is 11.1. The maximum Gasteiger partial charge on any atom is 0.342 e. The molecule has 1 heterocycles. The Morgan fingerprint density at radius 1 is 1.17 bits per heavy atom. The molecule has 1 N–H and O–H groups in total. The van der Waals surface area contributed by atoms with Gasteiger partial charge in [0.1, 0.15) is 17.9 Å². The molecule has 0 atom stereocenters. The second-order valence-electron chi connectivity index (χ2n) is 4.76. The summed E-state index contributed by atoms with van der Waals surface area (Å²) in [5, 5.41) is 9.59. The molecule has 0 saturated heterocycles. The summed E-state index contributed by atoms with van der Waals surface area (Å²) in [6, 6.07) is 12.3. The average molecular weight is 318 g/mol. The van der Waals surface area contributed by atoms with Gasteiger partial charge in [0, 0.05) is 0 Å². The van der Waals surface area contributed by atoms with E-state index in [-0.39, 0.29) is 22.7 Å². The van der Waals surface area contributed by atoms with Gasteiger partial charge in [0.05, 0.1) is 11.0 Å². The smallest absolute Gasteiger partial charge is 0.342 e. The number of esters is 1. The van der Waals surface area contributed by atoms with Crippen LogP contribution in [0.1, 0.15) is 22.7 Å². The van der Waals surface area contributed by atoms with E-state index in [1.165, 1.54) is 18.2 Å². The van der Waals surface area contributed by atoms with Gasteiger partial charge >= 0.3 is 12.5 Å². The highest BCUT2D eigenvalue weighted by atomic mass is 19.3. The average Bonchev–Trinajstić information content (AvgIpc) is 2.91. The van der Waals surface area contributed by atoms with E-state index in [0.29, 0.717) is 10.1 Å². The SMILES string of the molecule is O=C(OCc1nc2ccccc2n1C(F)F)c1ccccc1O. The van der Waals surface area contributed by atoms with E-state index in [1.54, 1.807) is 30.3 Å². The maximum atomic E-state index is 13.2. The second kappa shape index (κ2) is 6.04. The Morgan fingerprint density at radius 2 is 1.87 bits per heavy atom. The fraction of sp³-hybridized carbons (Fsp3) is 0.125. The summed E-state index contributed by atoms with van der Waals surface area (Å²) in [6.07, 6.45) is 0. The third kappa shape index (κ3) is 2.85. The first-order valence-corrected chi connectivity index (χ1v) is 6.77. The molecular weight excluding hydrogens is 306 g/mol. The van der Waals surface area contributed by atoms with Crippen LogP contribution in [0.3, 0.4) is 0 Å². The summed E-state index contributed by atoms with van der Waals surface area (Å²) in [7, 11) is 0. The van der Waals surface area contributed by atoms with Gasteiger partial charge in [-0.1, -0.05) is 24.3 Å². The van der Waals surface area contributed by atoms with Crippen molar-refractivity contribution in [2.24, 2.45) is 0 Å². The Balaban J connectivity index is 1.86. The van der Waals surface area contributed by atoms with Gasteiger partial charge in [-0.2, -0.15) is 8.78 Å². The number of rotatable bonds is 4. The van der Waals surface area contributed by atoms with Gasteiger partial charge < -0.3 is 9.84 Å². The molecule has 0 saturated carbocycles. The van der Waals surface area contributed by atoms with Crippen molar-refractivity contribution >= 4 is 17.0 Å². The molecule has 3 aromatic rings. The van der Waals surface area contributed by atoms with Crippen LogP contribution in [0.4, 0.5) is 8.78 Å². The summed E-state index contributed by atoms with van der Waals surface area (Å²) in [4.78, 5) is 16.0. The highest BCUT2D eigenvalue weighted by Gasteiger charge is 2.19. The van der Waals surface area contributed by atoms with Crippen molar-refractivity contribution in [1.82, 2.24) is 9.55 Å². The Hall–Kier alpha value is -2.96. The zero-order valence-electron chi connectivity index (χ0n) is 11.8. The number of imidazole rings is 1. The molecule has 5 nitrogen and oxygen atoms in total. The van der Waals surface area contributed by atoms with Crippen molar-refractivity contribution in [2.75, 3.05) is 0 Å². The Kier molecular flexibility index (Phi) is 3.92. The minimum Gasteiger partial charge on any atom is -0.507 e. The molecule has 0 fully saturated rings. The lowest BCUT2D eigenvalue weighted by atomic mass is 10.2. The van der Waals surface area contributed by atoms with Crippen LogP contribution in [0.25, 0.3) is 11.0 Å². The van der Waals surface area contributed by atoms with E-state index in [4.69, 9.17) is 4.74 Å². The number of aromatic nitrogens is 2. The van der Waals surface area contributed by atoms with Gasteiger partial charge in [-0.3, -0.25) is 4.57 Å². The van der Waals surface area contributed by atoms with E-state index in [2.05, 4.69) is 4.98 Å². The molecule has 23 heavy (non-hydrogen) atoms. The van der Waals surface area contributed by atoms with Gasteiger partial charge in [0.25, 0.3) is 0 Å². The highest BCUT2D eigenvalue weighted by Crippen LogP contribution is 2.24. The van der Waals surface area contributed by atoms with Crippen LogP contribution >= 0.6 is 0 Å². The van der Waals surface area contributed by atoms with E-state index in [1.807, 2.05) is 0 Å². The lowest BCUT2D eigenvalue weighted by Gasteiger charge is -2.09. The Labute approximate surface area is 129 Å². The lowest BCUT2D eigenvalue weighted by molar-refractivity contribution is 0.0385. The Morgan fingerprint density at radius 3 is 2.61 bits per heavy atom. The predicted molar refractivity (Wildman–Crippen MR) is 78.2 cm³/mol. The molecule has 1 aromatic heterocycles. The van der Waals surface area contributed by atoms with Crippen LogP contribution in [0.15, 0.2) is 48.5 Å². The molecule has 0 aliphatic carbocycles. The number of hydrogen-bond acceptors (Lipinski definition) is 4. The third-order valence-corrected chi connectivity index (χ3v) is 3.32. The van der Waals surface area contributed by atoms with Crippen LogP contribution in [-0.4, -0.2) is 20.6 Å². The molecule has 0 bridgehead atoms. The standard InChI is InChI=1S/C16H12F2N2O3/c17-16(18)20-12-7-3-2-6-11(12)19-14(20)9-23-15(22)10-5-1-4-8-13(10)21/h1-8,16,21H,9H2. The number of aromatic hydroxyl groups is 1. The lowest BCUT2D eigenvalue weighted by Crippen LogP contribution is -2.10. The zero-order chi connectivity index (χ0) is 16.4. The number of hydrogen-bond donors (Lipinski definition) is 1. The third-order valence-electron chi connectivity index (χ3n) is 3.32. The van der Waals surface area contributed by atoms with E-state index in [0.717, 1.165) is 0 Å². The minimum absolute atomic E-state index is 0.0350. The largest absolute Gasteiger partial charge is 0.507 e. The number of carbonyl (C=O) groups excluding carboxylic acids is 1. The predicted octanol–water partition coefficient (Wildman–Crippen LogP) is 3.49. The van der Waals surface area contributed by atoms with Crippen molar-refractivity contribution < 1.29 is 23.4 Å². The molecule has 7 heteroatoms.